The first-order valence-corrected chi connectivity index (χ1v) is 14.4. The van der Waals surface area contributed by atoms with Gasteiger partial charge in [0.25, 0.3) is 5.91 Å². The average molecular weight is 592 g/mol. The quantitative estimate of drug-likeness (QED) is 0.254. The highest BCUT2D eigenvalue weighted by atomic mass is 79.9. The fourth-order valence-electron chi connectivity index (χ4n) is 6.83. The number of rotatable bonds is 10. The van der Waals surface area contributed by atoms with Crippen molar-refractivity contribution in [2.24, 2.45) is 17.8 Å². The van der Waals surface area contributed by atoms with Crippen LogP contribution in [0, 0.1) is 31.6 Å². The molecule has 3 fully saturated rings. The van der Waals surface area contributed by atoms with E-state index < -0.39 is 41.6 Å². The van der Waals surface area contributed by atoms with Gasteiger partial charge in [-0.1, -0.05) is 60.5 Å². The van der Waals surface area contributed by atoms with Crippen LogP contribution in [0.15, 0.2) is 30.9 Å². The number of amides is 2. The Kier molecular flexibility index (Phi) is 8.40. The van der Waals surface area contributed by atoms with Gasteiger partial charge in [0.15, 0.2) is 0 Å². The second-order valence-electron chi connectivity index (χ2n) is 10.8. The van der Waals surface area contributed by atoms with Crippen molar-refractivity contribution in [2.75, 3.05) is 24.7 Å². The molecule has 1 unspecified atom stereocenters. The molecule has 0 aliphatic carbocycles. The van der Waals surface area contributed by atoms with E-state index in [0.717, 1.165) is 16.8 Å². The first-order valence-electron chi connectivity index (χ1n) is 13.5. The number of aliphatic hydroxyl groups is 1. The van der Waals surface area contributed by atoms with Gasteiger partial charge in [0, 0.05) is 17.1 Å². The molecule has 1 aromatic carbocycles. The number of aryl methyl sites for hydroxylation is 2. The summed E-state index contributed by atoms with van der Waals surface area (Å²) in [6, 6.07) is 4.21. The summed E-state index contributed by atoms with van der Waals surface area (Å²) in [4.78, 5) is 45.2. The molecule has 4 rings (SSSR count). The van der Waals surface area contributed by atoms with E-state index in [2.05, 4.69) is 22.5 Å². The van der Waals surface area contributed by atoms with Gasteiger partial charge in [-0.2, -0.15) is 0 Å². The maximum atomic E-state index is 14.8. The second kappa shape index (κ2) is 11.1. The van der Waals surface area contributed by atoms with Crippen molar-refractivity contribution in [1.29, 1.82) is 0 Å². The van der Waals surface area contributed by atoms with Crippen molar-refractivity contribution in [3.8, 4) is 0 Å². The van der Waals surface area contributed by atoms with Crippen LogP contribution >= 0.6 is 15.9 Å². The number of carbonyl (C=O) groups is 3. The maximum Gasteiger partial charge on any atom is 0.312 e. The van der Waals surface area contributed by atoms with Crippen molar-refractivity contribution < 1.29 is 29.0 Å². The molecular formula is C29H39BrN2O6. The molecule has 2 bridgehead atoms. The van der Waals surface area contributed by atoms with Gasteiger partial charge in [0.2, 0.25) is 5.91 Å². The standard InChI is InChI=1S/C29H39BrN2O6/c1-7-13-31(23-17(5)11-10-12-18(23)6)27(35)25-29-14-19(30)24(38-29)21(28(36)37-9-3)22(29)26(34)32(25)20(15-33)16(4)8-2/h7,10-12,16,19-22,24-25,33H,1,8-9,13-15H2,2-6H3/t16-,19?,20-,21+,22-,24+,25+,29-/m0/s1. The van der Waals surface area contributed by atoms with E-state index >= 15 is 0 Å². The van der Waals surface area contributed by atoms with Gasteiger partial charge >= 0.3 is 5.97 Å². The number of alkyl halides is 1. The predicted octanol–water partition coefficient (Wildman–Crippen LogP) is 3.54. The molecule has 1 aromatic rings. The molecule has 8 nitrogen and oxygen atoms in total. The molecule has 8 atom stereocenters. The lowest BCUT2D eigenvalue weighted by atomic mass is 9.70. The number of aliphatic hydroxyl groups excluding tert-OH is 1. The maximum absolute atomic E-state index is 14.8. The average Bonchev–Trinajstić information content (AvgIpc) is 3.47. The van der Waals surface area contributed by atoms with Crippen LogP contribution in [0.3, 0.4) is 0 Å². The summed E-state index contributed by atoms with van der Waals surface area (Å²) in [6.07, 6.45) is 2.18. The number of anilines is 1. The van der Waals surface area contributed by atoms with Crippen LogP contribution in [0.1, 0.15) is 44.7 Å². The van der Waals surface area contributed by atoms with Gasteiger partial charge < -0.3 is 24.4 Å². The number of ether oxygens (including phenoxy) is 2. The molecule has 2 amide bonds. The van der Waals surface area contributed by atoms with Crippen molar-refractivity contribution >= 4 is 39.4 Å². The minimum atomic E-state index is -1.22. The molecular weight excluding hydrogens is 552 g/mol. The summed E-state index contributed by atoms with van der Waals surface area (Å²) in [5.41, 5.74) is 1.38. The molecule has 1 spiro atoms. The molecule has 208 valence electrons. The first-order chi connectivity index (χ1) is 18.1. The molecule has 0 saturated carbocycles. The van der Waals surface area contributed by atoms with Crippen molar-refractivity contribution in [3.63, 3.8) is 0 Å². The summed E-state index contributed by atoms with van der Waals surface area (Å²) in [7, 11) is 0. The number of carbonyl (C=O) groups excluding carboxylic acids is 3. The molecule has 3 heterocycles. The number of hydrogen-bond acceptors (Lipinski definition) is 6. The molecule has 38 heavy (non-hydrogen) atoms. The fraction of sp³-hybridized carbons (Fsp3) is 0.621. The van der Waals surface area contributed by atoms with Crippen molar-refractivity contribution in [3.05, 3.63) is 42.0 Å². The van der Waals surface area contributed by atoms with Crippen LogP contribution in [-0.4, -0.2) is 76.2 Å². The number of para-hydroxylation sites is 1. The molecule has 3 aliphatic heterocycles. The predicted molar refractivity (Wildman–Crippen MR) is 148 cm³/mol. The molecule has 1 N–H and O–H groups in total. The molecule has 0 radical (unpaired) electrons. The topological polar surface area (TPSA) is 96.4 Å². The summed E-state index contributed by atoms with van der Waals surface area (Å²) < 4.78 is 12.0. The Labute approximate surface area is 233 Å². The van der Waals surface area contributed by atoms with Gasteiger partial charge in [-0.3, -0.25) is 14.4 Å². The smallest absolute Gasteiger partial charge is 0.312 e. The van der Waals surface area contributed by atoms with E-state index in [1.807, 2.05) is 45.9 Å². The van der Waals surface area contributed by atoms with E-state index in [9.17, 15) is 19.5 Å². The van der Waals surface area contributed by atoms with Crippen LogP contribution in [0.2, 0.25) is 0 Å². The zero-order chi connectivity index (χ0) is 27.9. The number of esters is 1. The van der Waals surface area contributed by atoms with Gasteiger partial charge in [-0.15, -0.1) is 6.58 Å². The summed E-state index contributed by atoms with van der Waals surface area (Å²) >= 11 is 3.68. The van der Waals surface area contributed by atoms with E-state index in [1.54, 1.807) is 22.8 Å². The zero-order valence-electron chi connectivity index (χ0n) is 22.9. The Morgan fingerprint density at radius 3 is 2.55 bits per heavy atom. The van der Waals surface area contributed by atoms with Crippen LogP contribution in [0.5, 0.6) is 0 Å². The molecule has 9 heteroatoms. The largest absolute Gasteiger partial charge is 0.466 e. The van der Waals surface area contributed by atoms with E-state index in [-0.39, 0.29) is 42.3 Å². The third kappa shape index (κ3) is 4.31. The van der Waals surface area contributed by atoms with Crippen LogP contribution in [0.25, 0.3) is 0 Å². The Morgan fingerprint density at radius 2 is 2.00 bits per heavy atom. The van der Waals surface area contributed by atoms with Gasteiger partial charge in [0.1, 0.15) is 11.6 Å². The Bertz CT molecular complexity index is 1090. The highest BCUT2D eigenvalue weighted by Crippen LogP contribution is 2.61. The summed E-state index contributed by atoms with van der Waals surface area (Å²) in [6.45, 7) is 13.6. The normalized spacial score (nSPS) is 31.2. The summed E-state index contributed by atoms with van der Waals surface area (Å²) in [5.74, 6) is -2.90. The van der Waals surface area contributed by atoms with Crippen LogP contribution in [-0.2, 0) is 23.9 Å². The lowest BCUT2D eigenvalue weighted by molar-refractivity contribution is -0.155. The molecule has 3 saturated heterocycles. The lowest BCUT2D eigenvalue weighted by Crippen LogP contribution is -2.60. The number of hydrogen-bond donors (Lipinski definition) is 1. The van der Waals surface area contributed by atoms with Crippen LogP contribution in [0.4, 0.5) is 5.69 Å². The van der Waals surface area contributed by atoms with E-state index in [0.29, 0.717) is 12.8 Å². The first kappa shape index (κ1) is 28.8. The number of nitrogens with zero attached hydrogens (tertiary/aromatic N) is 2. The second-order valence-corrected chi connectivity index (χ2v) is 12.0. The SMILES string of the molecule is C=CCN(C(=O)[C@H]1N([C@@H](CO)[C@@H](C)CC)C(=O)[C@@H]2[C@@H](C(=O)OCC)[C@@H]3O[C@@]21CC3Br)c1c(C)cccc1C. The van der Waals surface area contributed by atoms with Crippen molar-refractivity contribution in [2.45, 2.75) is 76.1 Å². The summed E-state index contributed by atoms with van der Waals surface area (Å²) in [5, 5.41) is 10.5. The Hall–Kier alpha value is -2.23. The number of likely N-dealkylation sites (tertiary alicyclic amines) is 1. The minimum Gasteiger partial charge on any atom is -0.466 e. The molecule has 0 aromatic heterocycles. The van der Waals surface area contributed by atoms with Crippen molar-refractivity contribution in [1.82, 2.24) is 4.90 Å². The monoisotopic (exact) mass is 590 g/mol. The highest BCUT2D eigenvalue weighted by Gasteiger charge is 2.77. The van der Waals surface area contributed by atoms with E-state index in [1.165, 1.54) is 0 Å². The van der Waals surface area contributed by atoms with Gasteiger partial charge in [0.05, 0.1) is 37.2 Å². The zero-order valence-corrected chi connectivity index (χ0v) is 24.4. The third-order valence-corrected chi connectivity index (χ3v) is 9.50. The molecule has 3 aliphatic rings. The number of benzene rings is 1. The number of fused-ring (bicyclic) bond motifs is 1. The number of halogens is 1. The Balaban J connectivity index is 1.90. The fourth-order valence-corrected chi connectivity index (χ4v) is 7.77. The van der Waals surface area contributed by atoms with Crippen LogP contribution < -0.4 is 4.90 Å². The highest BCUT2D eigenvalue weighted by molar-refractivity contribution is 9.09. The van der Waals surface area contributed by atoms with Gasteiger partial charge in [-0.05, 0) is 44.2 Å². The third-order valence-electron chi connectivity index (χ3n) is 8.65. The lowest BCUT2D eigenvalue weighted by Gasteiger charge is -2.41. The minimum absolute atomic E-state index is 0.0828. The van der Waals surface area contributed by atoms with E-state index in [4.69, 9.17) is 9.47 Å². The van der Waals surface area contributed by atoms with Gasteiger partial charge in [-0.25, -0.2) is 0 Å². The Morgan fingerprint density at radius 1 is 1.34 bits per heavy atom.